The van der Waals surface area contributed by atoms with Crippen LogP contribution in [0.2, 0.25) is 0 Å². The molecule has 2 N–H and O–H groups in total. The minimum Gasteiger partial charge on any atom is -0.396 e. The van der Waals surface area contributed by atoms with Gasteiger partial charge in [-0.15, -0.1) is 0 Å². The van der Waals surface area contributed by atoms with Crippen LogP contribution in [0.5, 0.6) is 0 Å². The number of nitrogens with one attached hydrogen (secondary N) is 1. The van der Waals surface area contributed by atoms with E-state index in [1.165, 1.54) is 11.6 Å². The largest absolute Gasteiger partial charge is 0.396 e. The molecule has 3 amide bonds. The van der Waals surface area contributed by atoms with E-state index in [1.54, 1.807) is 15.5 Å². The number of piperidine rings is 1. The number of urea groups is 1. The Morgan fingerprint density at radius 3 is 2.44 bits per heavy atom. The first kappa shape index (κ1) is 24.6. The summed E-state index contributed by atoms with van der Waals surface area (Å²) in [5.41, 5.74) is 1.93. The van der Waals surface area contributed by atoms with Gasteiger partial charge in [0, 0.05) is 55.9 Å². The summed E-state index contributed by atoms with van der Waals surface area (Å²) in [7, 11) is 0. The number of carbonyl (C=O) groups is 2. The Morgan fingerprint density at radius 2 is 1.78 bits per heavy atom. The summed E-state index contributed by atoms with van der Waals surface area (Å²) in [5, 5.41) is 13.4. The molecule has 2 aromatic rings. The SMILES string of the molecule is CC(C)NC(=O)N1[C@@H]2c3cccc(=O)n3C[C@@H]2[C@@H](CO)[C@@H]1C(=O)N1CCC(Cc2ccccc2)CC1. The highest BCUT2D eigenvalue weighted by molar-refractivity contribution is 5.89. The van der Waals surface area contributed by atoms with Gasteiger partial charge in [-0.1, -0.05) is 36.4 Å². The number of aliphatic hydroxyl groups is 1. The Kier molecular flexibility index (Phi) is 6.88. The fourth-order valence-electron chi connectivity index (χ4n) is 6.46. The molecule has 0 unspecified atom stereocenters. The molecular formula is C28H36N4O4. The Balaban J connectivity index is 1.38. The molecule has 2 saturated heterocycles. The highest BCUT2D eigenvalue weighted by atomic mass is 16.3. The van der Waals surface area contributed by atoms with Crippen LogP contribution in [0, 0.1) is 17.8 Å². The van der Waals surface area contributed by atoms with Gasteiger partial charge in [-0.3, -0.25) is 9.59 Å². The minimum atomic E-state index is -0.751. The first-order valence-electron chi connectivity index (χ1n) is 13.1. The number of fused-ring (bicyclic) bond motifs is 3. The molecule has 3 aliphatic rings. The highest BCUT2D eigenvalue weighted by Gasteiger charge is 2.58. The van der Waals surface area contributed by atoms with E-state index in [0.717, 1.165) is 25.0 Å². The summed E-state index contributed by atoms with van der Waals surface area (Å²) >= 11 is 0. The van der Waals surface area contributed by atoms with E-state index < -0.39 is 18.0 Å². The van der Waals surface area contributed by atoms with E-state index in [2.05, 4.69) is 29.6 Å². The molecule has 4 atom stereocenters. The summed E-state index contributed by atoms with van der Waals surface area (Å²) in [6.07, 6.45) is 2.84. The summed E-state index contributed by atoms with van der Waals surface area (Å²) in [6.45, 7) is 5.26. The Bertz CT molecular complexity index is 1160. The maximum atomic E-state index is 14.0. The summed E-state index contributed by atoms with van der Waals surface area (Å²) in [5.74, 6) is -0.188. The summed E-state index contributed by atoms with van der Waals surface area (Å²) in [6, 6.07) is 13.9. The van der Waals surface area contributed by atoms with Gasteiger partial charge in [0.25, 0.3) is 5.56 Å². The number of nitrogens with zero attached hydrogens (tertiary/aromatic N) is 3. The number of aromatic nitrogens is 1. The molecule has 4 heterocycles. The number of amides is 3. The number of aliphatic hydroxyl groups excluding tert-OH is 1. The van der Waals surface area contributed by atoms with Crippen LogP contribution in [0.15, 0.2) is 53.3 Å². The predicted octanol–water partition coefficient (Wildman–Crippen LogP) is 2.41. The van der Waals surface area contributed by atoms with E-state index in [0.29, 0.717) is 25.6 Å². The zero-order valence-corrected chi connectivity index (χ0v) is 21.0. The van der Waals surface area contributed by atoms with Crippen molar-refractivity contribution in [2.45, 2.75) is 57.8 Å². The van der Waals surface area contributed by atoms with Gasteiger partial charge < -0.3 is 24.8 Å². The first-order valence-corrected chi connectivity index (χ1v) is 13.1. The monoisotopic (exact) mass is 492 g/mol. The minimum absolute atomic E-state index is 0.0923. The van der Waals surface area contributed by atoms with Gasteiger partial charge >= 0.3 is 6.03 Å². The van der Waals surface area contributed by atoms with Gasteiger partial charge in [0.2, 0.25) is 5.91 Å². The van der Waals surface area contributed by atoms with Crippen molar-refractivity contribution < 1.29 is 14.7 Å². The van der Waals surface area contributed by atoms with Crippen molar-refractivity contribution >= 4 is 11.9 Å². The van der Waals surface area contributed by atoms with Crippen molar-refractivity contribution in [1.82, 2.24) is 19.7 Å². The Labute approximate surface area is 211 Å². The standard InChI is InChI=1S/C28H36N4O4/c1-18(2)29-28(36)32-25-21(16-31-23(25)9-6-10-24(31)34)22(17-33)26(32)27(35)30-13-11-20(12-14-30)15-19-7-4-3-5-8-19/h3-10,18,20-22,25-26,33H,11-17H2,1-2H3,(H,29,36)/t21-,22-,25+,26-/m1/s1. The molecule has 1 aromatic carbocycles. The summed E-state index contributed by atoms with van der Waals surface area (Å²) < 4.78 is 1.68. The zero-order chi connectivity index (χ0) is 25.4. The normalized spacial score (nSPS) is 25.7. The highest BCUT2D eigenvalue weighted by Crippen LogP contribution is 2.49. The third-order valence-corrected chi connectivity index (χ3v) is 8.14. The van der Waals surface area contributed by atoms with Crippen LogP contribution in [-0.4, -0.2) is 63.2 Å². The Morgan fingerprint density at radius 1 is 1.06 bits per heavy atom. The van der Waals surface area contributed by atoms with Crippen molar-refractivity contribution in [3.63, 3.8) is 0 Å². The number of hydrogen-bond acceptors (Lipinski definition) is 4. The van der Waals surface area contributed by atoms with Crippen LogP contribution in [0.3, 0.4) is 0 Å². The molecule has 0 spiro atoms. The molecule has 8 heteroatoms. The van der Waals surface area contributed by atoms with Gasteiger partial charge in [-0.25, -0.2) is 4.79 Å². The second-order valence-electron chi connectivity index (χ2n) is 10.8. The smallest absolute Gasteiger partial charge is 0.318 e. The van der Waals surface area contributed by atoms with E-state index in [4.69, 9.17) is 0 Å². The van der Waals surface area contributed by atoms with Crippen LogP contribution in [-0.2, 0) is 17.8 Å². The van der Waals surface area contributed by atoms with Gasteiger partial charge in [-0.05, 0) is 50.7 Å². The summed E-state index contributed by atoms with van der Waals surface area (Å²) in [4.78, 5) is 43.5. The van der Waals surface area contributed by atoms with Crippen LogP contribution in [0.4, 0.5) is 4.79 Å². The molecule has 1 aromatic heterocycles. The maximum absolute atomic E-state index is 14.0. The number of likely N-dealkylation sites (tertiary alicyclic amines) is 2. The average Bonchev–Trinajstić information content (AvgIpc) is 3.40. The Hall–Kier alpha value is -3.13. The van der Waals surface area contributed by atoms with Crippen LogP contribution in [0.1, 0.15) is 44.0 Å². The maximum Gasteiger partial charge on any atom is 0.318 e. The number of hydrogen-bond donors (Lipinski definition) is 2. The molecule has 0 radical (unpaired) electrons. The number of pyridine rings is 1. The lowest BCUT2D eigenvalue weighted by atomic mass is 9.86. The molecule has 8 nitrogen and oxygen atoms in total. The zero-order valence-electron chi connectivity index (χ0n) is 21.0. The molecule has 5 rings (SSSR count). The number of benzene rings is 1. The lowest BCUT2D eigenvalue weighted by molar-refractivity contribution is -0.138. The van der Waals surface area contributed by atoms with Crippen molar-refractivity contribution in [2.24, 2.45) is 17.8 Å². The van der Waals surface area contributed by atoms with E-state index in [-0.39, 0.29) is 36.1 Å². The fraction of sp³-hybridized carbons (Fsp3) is 0.536. The van der Waals surface area contributed by atoms with Crippen LogP contribution in [0.25, 0.3) is 0 Å². The topological polar surface area (TPSA) is 94.9 Å². The lowest BCUT2D eigenvalue weighted by Crippen LogP contribution is -2.56. The van der Waals surface area contributed by atoms with Crippen molar-refractivity contribution in [2.75, 3.05) is 19.7 Å². The van der Waals surface area contributed by atoms with E-state index >= 15 is 0 Å². The van der Waals surface area contributed by atoms with Gasteiger partial charge in [0.1, 0.15) is 6.04 Å². The van der Waals surface area contributed by atoms with Crippen LogP contribution < -0.4 is 10.9 Å². The molecule has 3 aliphatic heterocycles. The molecule has 192 valence electrons. The molecule has 2 fully saturated rings. The second-order valence-corrected chi connectivity index (χ2v) is 10.8. The molecule has 0 aliphatic carbocycles. The van der Waals surface area contributed by atoms with E-state index in [1.807, 2.05) is 30.9 Å². The van der Waals surface area contributed by atoms with Gasteiger partial charge in [-0.2, -0.15) is 0 Å². The third-order valence-electron chi connectivity index (χ3n) is 8.14. The predicted molar refractivity (Wildman–Crippen MR) is 136 cm³/mol. The fourth-order valence-corrected chi connectivity index (χ4v) is 6.46. The number of rotatable bonds is 5. The second kappa shape index (κ2) is 10.1. The third kappa shape index (κ3) is 4.43. The number of carbonyl (C=O) groups excluding carboxylic acids is 2. The van der Waals surface area contributed by atoms with Gasteiger partial charge in [0.15, 0.2) is 0 Å². The molecular weight excluding hydrogens is 456 g/mol. The lowest BCUT2D eigenvalue weighted by Gasteiger charge is -2.38. The molecule has 0 saturated carbocycles. The van der Waals surface area contributed by atoms with E-state index in [9.17, 15) is 19.5 Å². The first-order chi connectivity index (χ1) is 17.4. The molecule has 0 bridgehead atoms. The van der Waals surface area contributed by atoms with Crippen molar-refractivity contribution in [3.05, 3.63) is 70.1 Å². The van der Waals surface area contributed by atoms with Crippen LogP contribution >= 0.6 is 0 Å². The van der Waals surface area contributed by atoms with Crippen molar-refractivity contribution in [3.8, 4) is 0 Å². The van der Waals surface area contributed by atoms with Gasteiger partial charge in [0.05, 0.1) is 6.04 Å². The quantitative estimate of drug-likeness (QED) is 0.670. The molecule has 36 heavy (non-hydrogen) atoms. The van der Waals surface area contributed by atoms with Crippen molar-refractivity contribution in [1.29, 1.82) is 0 Å². The average molecular weight is 493 g/mol.